The minimum absolute atomic E-state index is 0.1000. The highest BCUT2D eigenvalue weighted by Crippen LogP contribution is 2.34. The van der Waals surface area contributed by atoms with Crippen LogP contribution in [0.1, 0.15) is 35.4 Å². The summed E-state index contributed by atoms with van der Waals surface area (Å²) in [5.74, 6) is 0.430. The third-order valence-corrected chi connectivity index (χ3v) is 4.33. The lowest BCUT2D eigenvalue weighted by atomic mass is 9.77. The Hall–Kier alpha value is -1.87. The fourth-order valence-corrected chi connectivity index (χ4v) is 3.24. The van der Waals surface area contributed by atoms with Crippen molar-refractivity contribution in [2.45, 2.75) is 37.6 Å². The van der Waals surface area contributed by atoms with E-state index in [-0.39, 0.29) is 6.04 Å². The molecular weight excluding hydrogens is 246 g/mol. The van der Waals surface area contributed by atoms with Gasteiger partial charge in [0.15, 0.2) is 0 Å². The fourth-order valence-electron chi connectivity index (χ4n) is 3.24. The molecule has 104 valence electrons. The molecule has 4 N–H and O–H groups in total. The molecule has 0 aliphatic heterocycles. The molecule has 2 atom stereocenters. The van der Waals surface area contributed by atoms with Crippen LogP contribution in [0.4, 0.5) is 5.69 Å². The summed E-state index contributed by atoms with van der Waals surface area (Å²) in [7, 11) is 0. The van der Waals surface area contributed by atoms with E-state index in [4.69, 9.17) is 11.5 Å². The van der Waals surface area contributed by atoms with Crippen LogP contribution in [0.5, 0.6) is 0 Å². The first-order chi connectivity index (χ1) is 9.75. The Morgan fingerprint density at radius 1 is 1.25 bits per heavy atom. The van der Waals surface area contributed by atoms with E-state index >= 15 is 0 Å². The number of nitrogens with zero attached hydrogens (tertiary/aromatic N) is 1. The van der Waals surface area contributed by atoms with Crippen LogP contribution >= 0.6 is 0 Å². The molecular formula is C17H21N3. The molecule has 0 bridgehead atoms. The van der Waals surface area contributed by atoms with Crippen LogP contribution in [-0.4, -0.2) is 11.0 Å². The minimum Gasteiger partial charge on any atom is -0.398 e. The Balaban J connectivity index is 1.82. The number of anilines is 1. The maximum Gasteiger partial charge on any atom is 0.0378 e. The van der Waals surface area contributed by atoms with Crippen LogP contribution in [0, 0.1) is 0 Å². The van der Waals surface area contributed by atoms with Gasteiger partial charge in [0, 0.05) is 24.1 Å². The van der Waals surface area contributed by atoms with Crippen LogP contribution in [0.3, 0.4) is 0 Å². The SMILES string of the molecule is Nc1ccncc1CC(N)C1CCCc2ccccc21. The van der Waals surface area contributed by atoms with E-state index in [0.29, 0.717) is 5.92 Å². The molecule has 1 aliphatic rings. The van der Waals surface area contributed by atoms with Crippen molar-refractivity contribution < 1.29 is 0 Å². The molecule has 20 heavy (non-hydrogen) atoms. The van der Waals surface area contributed by atoms with E-state index in [1.54, 1.807) is 6.20 Å². The van der Waals surface area contributed by atoms with Gasteiger partial charge in [-0.05, 0) is 54.4 Å². The zero-order valence-electron chi connectivity index (χ0n) is 11.6. The van der Waals surface area contributed by atoms with Gasteiger partial charge >= 0.3 is 0 Å². The van der Waals surface area contributed by atoms with E-state index in [2.05, 4.69) is 29.2 Å². The Morgan fingerprint density at radius 3 is 2.95 bits per heavy atom. The molecule has 1 aliphatic carbocycles. The zero-order valence-corrected chi connectivity index (χ0v) is 11.6. The van der Waals surface area contributed by atoms with Gasteiger partial charge < -0.3 is 11.5 Å². The predicted octanol–water partition coefficient (Wildman–Crippen LogP) is 2.65. The molecule has 0 spiro atoms. The lowest BCUT2D eigenvalue weighted by molar-refractivity contribution is 0.460. The normalized spacial score (nSPS) is 19.4. The van der Waals surface area contributed by atoms with Gasteiger partial charge in [0.05, 0.1) is 0 Å². The Kier molecular flexibility index (Phi) is 3.70. The highest BCUT2D eigenvalue weighted by atomic mass is 14.7. The van der Waals surface area contributed by atoms with E-state index in [1.807, 2.05) is 12.3 Å². The van der Waals surface area contributed by atoms with Gasteiger partial charge in [-0.3, -0.25) is 4.98 Å². The van der Waals surface area contributed by atoms with Gasteiger partial charge in [0.2, 0.25) is 0 Å². The molecule has 3 rings (SSSR count). The fraction of sp³-hybridized carbons (Fsp3) is 0.353. The number of aryl methyl sites for hydroxylation is 1. The molecule has 1 aromatic carbocycles. The second kappa shape index (κ2) is 5.63. The third kappa shape index (κ3) is 2.54. The number of aromatic nitrogens is 1. The van der Waals surface area contributed by atoms with E-state index in [9.17, 15) is 0 Å². The van der Waals surface area contributed by atoms with Crippen LogP contribution in [0.2, 0.25) is 0 Å². The molecule has 0 fully saturated rings. The summed E-state index contributed by atoms with van der Waals surface area (Å²) in [4.78, 5) is 4.15. The second-order valence-electron chi connectivity index (χ2n) is 5.64. The van der Waals surface area contributed by atoms with Crippen LogP contribution in [-0.2, 0) is 12.8 Å². The van der Waals surface area contributed by atoms with E-state index in [1.165, 1.54) is 30.4 Å². The van der Waals surface area contributed by atoms with Crippen molar-refractivity contribution in [3.8, 4) is 0 Å². The maximum atomic E-state index is 6.48. The minimum atomic E-state index is 0.1000. The number of hydrogen-bond acceptors (Lipinski definition) is 3. The van der Waals surface area contributed by atoms with Gasteiger partial charge in [-0.2, -0.15) is 0 Å². The number of benzene rings is 1. The largest absolute Gasteiger partial charge is 0.398 e. The lowest BCUT2D eigenvalue weighted by Crippen LogP contribution is -2.33. The number of hydrogen-bond donors (Lipinski definition) is 2. The number of nitrogens with two attached hydrogens (primary N) is 2. The third-order valence-electron chi connectivity index (χ3n) is 4.33. The summed E-state index contributed by atoms with van der Waals surface area (Å²) in [6, 6.07) is 10.6. The van der Waals surface area contributed by atoms with Gasteiger partial charge in [0.1, 0.15) is 0 Å². The van der Waals surface area contributed by atoms with Crippen molar-refractivity contribution in [2.75, 3.05) is 5.73 Å². The van der Waals surface area contributed by atoms with Crippen molar-refractivity contribution in [3.63, 3.8) is 0 Å². The maximum absolute atomic E-state index is 6.48. The first-order valence-corrected chi connectivity index (χ1v) is 7.27. The predicted molar refractivity (Wildman–Crippen MR) is 82.4 cm³/mol. The summed E-state index contributed by atoms with van der Waals surface area (Å²) >= 11 is 0. The number of fused-ring (bicyclic) bond motifs is 1. The molecule has 1 heterocycles. The zero-order chi connectivity index (χ0) is 13.9. The summed E-state index contributed by atoms with van der Waals surface area (Å²) in [5.41, 5.74) is 17.2. The number of nitrogen functional groups attached to an aromatic ring is 1. The first kappa shape index (κ1) is 13.1. The number of pyridine rings is 1. The topological polar surface area (TPSA) is 64.9 Å². The Labute approximate surface area is 120 Å². The molecule has 0 saturated heterocycles. The quantitative estimate of drug-likeness (QED) is 0.898. The van der Waals surface area contributed by atoms with Crippen molar-refractivity contribution in [2.24, 2.45) is 5.73 Å². The van der Waals surface area contributed by atoms with Crippen LogP contribution in [0.25, 0.3) is 0 Å². The summed E-state index contributed by atoms with van der Waals surface area (Å²) < 4.78 is 0. The highest BCUT2D eigenvalue weighted by molar-refractivity contribution is 5.45. The van der Waals surface area contributed by atoms with Crippen molar-refractivity contribution in [1.82, 2.24) is 4.98 Å². The summed E-state index contributed by atoms with van der Waals surface area (Å²) in [5, 5.41) is 0. The van der Waals surface area contributed by atoms with Gasteiger partial charge in [-0.15, -0.1) is 0 Å². The lowest BCUT2D eigenvalue weighted by Gasteiger charge is -2.30. The molecule has 0 amide bonds. The summed E-state index contributed by atoms with van der Waals surface area (Å²) in [6.07, 6.45) is 7.91. The Bertz CT molecular complexity index is 594. The molecule has 2 aromatic rings. The standard InChI is InChI=1S/C17H21N3/c18-16-8-9-20-11-13(16)10-17(19)15-7-3-5-12-4-1-2-6-14(12)15/h1-2,4,6,8-9,11,15,17H,3,5,7,10,19H2,(H2,18,20). The molecule has 3 heteroatoms. The van der Waals surface area contributed by atoms with Crippen LogP contribution < -0.4 is 11.5 Å². The van der Waals surface area contributed by atoms with Crippen LogP contribution in [0.15, 0.2) is 42.7 Å². The van der Waals surface area contributed by atoms with Crippen molar-refractivity contribution in [1.29, 1.82) is 0 Å². The average molecular weight is 267 g/mol. The van der Waals surface area contributed by atoms with Gasteiger partial charge in [0.25, 0.3) is 0 Å². The van der Waals surface area contributed by atoms with Gasteiger partial charge in [-0.1, -0.05) is 24.3 Å². The molecule has 0 radical (unpaired) electrons. The number of rotatable bonds is 3. The van der Waals surface area contributed by atoms with E-state index in [0.717, 1.165) is 17.7 Å². The second-order valence-corrected chi connectivity index (χ2v) is 5.64. The molecule has 3 nitrogen and oxygen atoms in total. The molecule has 0 saturated carbocycles. The van der Waals surface area contributed by atoms with Crippen molar-refractivity contribution >= 4 is 5.69 Å². The van der Waals surface area contributed by atoms with E-state index < -0.39 is 0 Å². The highest BCUT2D eigenvalue weighted by Gasteiger charge is 2.25. The summed E-state index contributed by atoms with van der Waals surface area (Å²) in [6.45, 7) is 0. The molecule has 2 unspecified atom stereocenters. The van der Waals surface area contributed by atoms with Gasteiger partial charge in [-0.25, -0.2) is 0 Å². The molecule has 1 aromatic heterocycles. The smallest absolute Gasteiger partial charge is 0.0378 e. The Morgan fingerprint density at radius 2 is 2.10 bits per heavy atom. The monoisotopic (exact) mass is 267 g/mol. The van der Waals surface area contributed by atoms with Crippen molar-refractivity contribution in [3.05, 3.63) is 59.4 Å². The first-order valence-electron chi connectivity index (χ1n) is 7.27. The average Bonchev–Trinajstić information content (AvgIpc) is 2.49.